The summed E-state index contributed by atoms with van der Waals surface area (Å²) in [5.41, 5.74) is 0.405. The third kappa shape index (κ3) is 4.95. The summed E-state index contributed by atoms with van der Waals surface area (Å²) in [6.45, 7) is 1.18. The van der Waals surface area contributed by atoms with Crippen molar-refractivity contribution in [3.8, 4) is 5.75 Å². The lowest BCUT2D eigenvalue weighted by Gasteiger charge is -2.32. The second-order valence-corrected chi connectivity index (χ2v) is 6.52. The summed E-state index contributed by atoms with van der Waals surface area (Å²) in [5.74, 6) is 0.371. The van der Waals surface area contributed by atoms with Crippen molar-refractivity contribution in [3.63, 3.8) is 0 Å². The van der Waals surface area contributed by atoms with Gasteiger partial charge in [-0.15, -0.1) is 0 Å². The topological polar surface area (TPSA) is 71.5 Å². The molecule has 1 aliphatic rings. The molecule has 2 amide bonds. The van der Waals surface area contributed by atoms with Gasteiger partial charge in [-0.2, -0.15) is 0 Å². The summed E-state index contributed by atoms with van der Waals surface area (Å²) in [7, 11) is 0. The molecule has 1 fully saturated rings. The molecule has 1 aromatic carbocycles. The van der Waals surface area contributed by atoms with Crippen molar-refractivity contribution in [3.05, 3.63) is 59.4 Å². The third-order valence-electron chi connectivity index (χ3n) is 4.26. The lowest BCUT2D eigenvalue weighted by molar-refractivity contribution is -0.134. The summed E-state index contributed by atoms with van der Waals surface area (Å²) < 4.78 is 5.50. The fraction of sp³-hybridized carbons (Fsp3) is 0.316. The molecule has 2 heterocycles. The van der Waals surface area contributed by atoms with E-state index in [1.165, 1.54) is 0 Å². The average molecular weight is 374 g/mol. The Hall–Kier alpha value is -2.60. The van der Waals surface area contributed by atoms with Gasteiger partial charge in [0.25, 0.3) is 11.8 Å². The molecule has 0 bridgehead atoms. The van der Waals surface area contributed by atoms with E-state index in [4.69, 9.17) is 16.3 Å². The van der Waals surface area contributed by atoms with E-state index in [1.807, 2.05) is 0 Å². The molecule has 136 valence electrons. The van der Waals surface area contributed by atoms with Gasteiger partial charge in [0.05, 0.1) is 0 Å². The Morgan fingerprint density at radius 2 is 1.88 bits per heavy atom. The van der Waals surface area contributed by atoms with E-state index in [0.29, 0.717) is 42.4 Å². The van der Waals surface area contributed by atoms with Crippen molar-refractivity contribution in [1.29, 1.82) is 0 Å². The molecule has 0 spiro atoms. The van der Waals surface area contributed by atoms with Crippen molar-refractivity contribution in [2.75, 3.05) is 19.7 Å². The standard InChI is InChI=1S/C19H20ClN3O3/c20-14-4-6-16(7-5-14)26-13-18(24)23-11-8-15(9-12-23)22-19(25)17-3-1-2-10-21-17/h1-7,10,15H,8-9,11-13H2,(H,22,25). The third-order valence-corrected chi connectivity index (χ3v) is 4.51. The highest BCUT2D eigenvalue weighted by Gasteiger charge is 2.24. The SMILES string of the molecule is O=C(NC1CCN(C(=O)COc2ccc(Cl)cc2)CC1)c1ccccn1. The lowest BCUT2D eigenvalue weighted by atomic mass is 10.0. The van der Waals surface area contributed by atoms with Crippen LogP contribution in [-0.4, -0.2) is 47.4 Å². The normalized spacial score (nSPS) is 14.7. The van der Waals surface area contributed by atoms with Gasteiger partial charge < -0.3 is 15.0 Å². The second kappa shape index (κ2) is 8.67. The first-order valence-electron chi connectivity index (χ1n) is 8.50. The Kier molecular flexibility index (Phi) is 6.07. The number of nitrogens with zero attached hydrogens (tertiary/aromatic N) is 2. The fourth-order valence-corrected chi connectivity index (χ4v) is 2.92. The summed E-state index contributed by atoms with van der Waals surface area (Å²) >= 11 is 5.82. The molecule has 1 N–H and O–H groups in total. The predicted octanol–water partition coefficient (Wildman–Crippen LogP) is 2.53. The molecule has 0 aliphatic carbocycles. The number of halogens is 1. The van der Waals surface area contributed by atoms with Gasteiger partial charge in [-0.1, -0.05) is 17.7 Å². The van der Waals surface area contributed by atoms with Crippen LogP contribution in [0.3, 0.4) is 0 Å². The summed E-state index contributed by atoms with van der Waals surface area (Å²) in [4.78, 5) is 30.2. The zero-order chi connectivity index (χ0) is 18.4. The van der Waals surface area contributed by atoms with E-state index in [-0.39, 0.29) is 24.5 Å². The first kappa shape index (κ1) is 18.2. The quantitative estimate of drug-likeness (QED) is 0.874. The highest BCUT2D eigenvalue weighted by Crippen LogP contribution is 2.16. The van der Waals surface area contributed by atoms with E-state index in [2.05, 4.69) is 10.3 Å². The van der Waals surface area contributed by atoms with Gasteiger partial charge in [-0.3, -0.25) is 14.6 Å². The molecule has 6 nitrogen and oxygen atoms in total. The Labute approximate surface area is 157 Å². The maximum Gasteiger partial charge on any atom is 0.270 e. The number of piperidine rings is 1. The van der Waals surface area contributed by atoms with Crippen LogP contribution in [0, 0.1) is 0 Å². The van der Waals surface area contributed by atoms with E-state index in [1.54, 1.807) is 53.6 Å². The smallest absolute Gasteiger partial charge is 0.270 e. The van der Waals surface area contributed by atoms with E-state index >= 15 is 0 Å². The van der Waals surface area contributed by atoms with E-state index in [0.717, 1.165) is 0 Å². The number of rotatable bonds is 5. The molecule has 0 atom stereocenters. The van der Waals surface area contributed by atoms with Gasteiger partial charge in [-0.25, -0.2) is 0 Å². The van der Waals surface area contributed by atoms with Crippen LogP contribution in [0.1, 0.15) is 23.3 Å². The van der Waals surface area contributed by atoms with Crippen LogP contribution in [-0.2, 0) is 4.79 Å². The van der Waals surface area contributed by atoms with Crippen molar-refractivity contribution >= 4 is 23.4 Å². The lowest BCUT2D eigenvalue weighted by Crippen LogP contribution is -2.47. The molecule has 3 rings (SSSR count). The number of benzene rings is 1. The minimum Gasteiger partial charge on any atom is -0.484 e. The van der Waals surface area contributed by atoms with Crippen LogP contribution in [0.5, 0.6) is 5.75 Å². The van der Waals surface area contributed by atoms with Crippen LogP contribution in [0.2, 0.25) is 5.02 Å². The Morgan fingerprint density at radius 3 is 2.54 bits per heavy atom. The van der Waals surface area contributed by atoms with E-state index in [9.17, 15) is 9.59 Å². The average Bonchev–Trinajstić information content (AvgIpc) is 2.68. The molecule has 2 aromatic rings. The van der Waals surface area contributed by atoms with Crippen LogP contribution >= 0.6 is 11.6 Å². The molecule has 0 radical (unpaired) electrons. The minimum atomic E-state index is -0.179. The molecule has 1 aromatic heterocycles. The van der Waals surface area contributed by atoms with Crippen molar-refractivity contribution < 1.29 is 14.3 Å². The highest BCUT2D eigenvalue weighted by atomic mass is 35.5. The van der Waals surface area contributed by atoms with Crippen LogP contribution in [0.15, 0.2) is 48.7 Å². The number of pyridine rings is 1. The second-order valence-electron chi connectivity index (χ2n) is 6.09. The molecule has 7 heteroatoms. The molecular formula is C19H20ClN3O3. The maximum atomic E-state index is 12.3. The first-order chi connectivity index (χ1) is 12.6. The molecule has 0 saturated carbocycles. The van der Waals surface area contributed by atoms with Gasteiger partial charge in [-0.05, 0) is 49.2 Å². The number of carbonyl (C=O) groups excluding carboxylic acids is 2. The van der Waals surface area contributed by atoms with Crippen molar-refractivity contribution in [2.45, 2.75) is 18.9 Å². The summed E-state index contributed by atoms with van der Waals surface area (Å²) in [5, 5.41) is 3.60. The predicted molar refractivity (Wildman–Crippen MR) is 98.3 cm³/mol. The van der Waals surface area contributed by atoms with Gasteiger partial charge in [0.2, 0.25) is 0 Å². The number of amides is 2. The summed E-state index contributed by atoms with van der Waals surface area (Å²) in [6.07, 6.45) is 3.02. The number of carbonyl (C=O) groups is 2. The monoisotopic (exact) mass is 373 g/mol. The number of likely N-dealkylation sites (tertiary alicyclic amines) is 1. The number of aromatic nitrogens is 1. The van der Waals surface area contributed by atoms with Gasteiger partial charge in [0, 0.05) is 30.4 Å². The molecule has 0 unspecified atom stereocenters. The molecule has 1 aliphatic heterocycles. The van der Waals surface area contributed by atoms with Gasteiger partial charge in [0.1, 0.15) is 11.4 Å². The van der Waals surface area contributed by atoms with E-state index < -0.39 is 0 Å². The van der Waals surface area contributed by atoms with Gasteiger partial charge >= 0.3 is 0 Å². The van der Waals surface area contributed by atoms with Crippen LogP contribution < -0.4 is 10.1 Å². The zero-order valence-electron chi connectivity index (χ0n) is 14.2. The largest absolute Gasteiger partial charge is 0.484 e. The minimum absolute atomic E-state index is 0.00735. The molecule has 1 saturated heterocycles. The Bertz CT molecular complexity index is 744. The fourth-order valence-electron chi connectivity index (χ4n) is 2.80. The highest BCUT2D eigenvalue weighted by molar-refractivity contribution is 6.30. The maximum absolute atomic E-state index is 12.3. The first-order valence-corrected chi connectivity index (χ1v) is 8.87. The number of hydrogen-bond donors (Lipinski definition) is 1. The van der Waals surface area contributed by atoms with Gasteiger partial charge in [0.15, 0.2) is 6.61 Å². The zero-order valence-corrected chi connectivity index (χ0v) is 15.0. The number of ether oxygens (including phenoxy) is 1. The Balaban J connectivity index is 1.42. The molecular weight excluding hydrogens is 354 g/mol. The van der Waals surface area contributed by atoms with Crippen molar-refractivity contribution in [1.82, 2.24) is 15.2 Å². The summed E-state index contributed by atoms with van der Waals surface area (Å²) in [6, 6.07) is 12.2. The van der Waals surface area contributed by atoms with Crippen LogP contribution in [0.25, 0.3) is 0 Å². The van der Waals surface area contributed by atoms with Crippen LogP contribution in [0.4, 0.5) is 0 Å². The Morgan fingerprint density at radius 1 is 1.15 bits per heavy atom. The number of hydrogen-bond acceptors (Lipinski definition) is 4. The number of nitrogens with one attached hydrogen (secondary N) is 1. The van der Waals surface area contributed by atoms with Crippen molar-refractivity contribution in [2.24, 2.45) is 0 Å². The molecule has 26 heavy (non-hydrogen) atoms.